The molecule has 1 heterocycles. The van der Waals surface area contributed by atoms with E-state index >= 15 is 0 Å². The summed E-state index contributed by atoms with van der Waals surface area (Å²) in [6, 6.07) is -2.17. The minimum Gasteiger partial charge on any atom is -0.480 e. The summed E-state index contributed by atoms with van der Waals surface area (Å²) in [5.74, 6) is -5.57. The molecule has 0 aromatic heterocycles. The van der Waals surface area contributed by atoms with E-state index in [1.54, 1.807) is 5.32 Å². The molecule has 0 aliphatic carbocycles. The van der Waals surface area contributed by atoms with Gasteiger partial charge in [-0.15, -0.1) is 0 Å². The molecule has 1 unspecified atom stereocenters. The summed E-state index contributed by atoms with van der Waals surface area (Å²) in [6.07, 6.45) is -1.80. The van der Waals surface area contributed by atoms with Gasteiger partial charge >= 0.3 is 24.3 Å². The van der Waals surface area contributed by atoms with Crippen LogP contribution in [0.4, 0.5) is 22.4 Å². The van der Waals surface area contributed by atoms with Crippen molar-refractivity contribution in [3.63, 3.8) is 0 Å². The zero-order chi connectivity index (χ0) is 15.3. The summed E-state index contributed by atoms with van der Waals surface area (Å²) in [4.78, 5) is 23.7. The van der Waals surface area contributed by atoms with E-state index in [1.807, 2.05) is 0 Å². The van der Waals surface area contributed by atoms with Gasteiger partial charge in [-0.1, -0.05) is 12.8 Å². The predicted molar refractivity (Wildman–Crippen MR) is 60.9 cm³/mol. The van der Waals surface area contributed by atoms with E-state index in [9.17, 15) is 27.2 Å². The summed E-state index contributed by atoms with van der Waals surface area (Å²) in [7, 11) is 0. The number of hydrogen-bond donors (Lipinski definition) is 2. The van der Waals surface area contributed by atoms with Gasteiger partial charge in [-0.05, 0) is 12.8 Å². The highest BCUT2D eigenvalue weighted by atomic mass is 19.3. The van der Waals surface area contributed by atoms with Gasteiger partial charge in [0, 0.05) is 6.54 Å². The maximum Gasteiger partial charge on any atom is 0.326 e. The molecule has 0 spiro atoms. The fourth-order valence-electron chi connectivity index (χ4n) is 1.98. The molecule has 0 aromatic rings. The topological polar surface area (TPSA) is 69.6 Å². The second-order valence-electron chi connectivity index (χ2n) is 4.62. The number of hydrogen-bond acceptors (Lipinski definition) is 2. The second kappa shape index (κ2) is 6.76. The van der Waals surface area contributed by atoms with Crippen LogP contribution in [0.2, 0.25) is 0 Å². The first-order chi connectivity index (χ1) is 9.25. The third-order valence-electron chi connectivity index (χ3n) is 3.09. The Morgan fingerprint density at radius 1 is 1.30 bits per heavy atom. The van der Waals surface area contributed by atoms with Crippen LogP contribution < -0.4 is 5.32 Å². The number of nitrogens with zero attached hydrogens (tertiary/aromatic N) is 1. The Bertz CT molecular complexity index is 366. The van der Waals surface area contributed by atoms with E-state index < -0.39 is 36.9 Å². The Labute approximate surface area is 112 Å². The number of amides is 2. The van der Waals surface area contributed by atoms with Gasteiger partial charge < -0.3 is 15.3 Å². The maximum absolute atomic E-state index is 12.7. The number of carboxylic acids is 1. The number of alkyl halides is 4. The van der Waals surface area contributed by atoms with Gasteiger partial charge in [0.05, 0.1) is 6.54 Å². The van der Waals surface area contributed by atoms with Gasteiger partial charge in [0.15, 0.2) is 0 Å². The Hall–Kier alpha value is -1.54. The van der Waals surface area contributed by atoms with Crippen molar-refractivity contribution >= 4 is 12.0 Å². The van der Waals surface area contributed by atoms with Crippen LogP contribution in [-0.2, 0) is 4.79 Å². The van der Waals surface area contributed by atoms with Crippen molar-refractivity contribution in [1.82, 2.24) is 10.2 Å². The van der Waals surface area contributed by atoms with E-state index in [-0.39, 0.29) is 13.0 Å². The predicted octanol–water partition coefficient (Wildman–Crippen LogP) is 1.93. The van der Waals surface area contributed by atoms with Gasteiger partial charge in [-0.3, -0.25) is 0 Å². The van der Waals surface area contributed by atoms with Gasteiger partial charge in [-0.2, -0.15) is 8.78 Å². The lowest BCUT2D eigenvalue weighted by Gasteiger charge is -2.28. The summed E-state index contributed by atoms with van der Waals surface area (Å²) in [5.41, 5.74) is 0. The monoisotopic (exact) mass is 300 g/mol. The molecule has 0 bridgehead atoms. The highest BCUT2D eigenvalue weighted by Crippen LogP contribution is 2.22. The van der Waals surface area contributed by atoms with Gasteiger partial charge in [0.2, 0.25) is 0 Å². The molecule has 9 heteroatoms. The fraction of sp³-hybridized carbons (Fsp3) is 0.818. The average molecular weight is 300 g/mol. The second-order valence-corrected chi connectivity index (χ2v) is 4.62. The molecule has 2 N–H and O–H groups in total. The number of carboxylic acid groups (broad SMARTS) is 1. The molecule has 1 saturated heterocycles. The first-order valence-corrected chi connectivity index (χ1v) is 6.19. The van der Waals surface area contributed by atoms with Crippen LogP contribution in [0.3, 0.4) is 0 Å². The molecule has 5 nitrogen and oxygen atoms in total. The Balaban J connectivity index is 2.65. The Kier molecular flexibility index (Phi) is 5.58. The number of rotatable bonds is 4. The average Bonchev–Trinajstić information content (AvgIpc) is 2.61. The minimum absolute atomic E-state index is 0.100. The van der Waals surface area contributed by atoms with Crippen molar-refractivity contribution in [2.75, 3.05) is 13.1 Å². The van der Waals surface area contributed by atoms with Crippen molar-refractivity contribution in [2.45, 2.75) is 44.1 Å². The number of likely N-dealkylation sites (tertiary alicyclic amines) is 1. The number of carbonyl (C=O) groups excluding carboxylic acids is 1. The molecule has 1 aliphatic rings. The highest BCUT2D eigenvalue weighted by molar-refractivity contribution is 5.82. The number of aliphatic carboxylic acids is 1. The van der Waals surface area contributed by atoms with E-state index in [1.165, 1.54) is 0 Å². The quantitative estimate of drug-likeness (QED) is 0.779. The highest BCUT2D eigenvalue weighted by Gasteiger charge is 2.41. The number of carbonyl (C=O) groups is 2. The summed E-state index contributed by atoms with van der Waals surface area (Å²) >= 11 is 0. The summed E-state index contributed by atoms with van der Waals surface area (Å²) in [6.45, 7) is -1.42. The molecule has 116 valence electrons. The summed E-state index contributed by atoms with van der Waals surface area (Å²) < 4.78 is 49.4. The van der Waals surface area contributed by atoms with Crippen LogP contribution in [0.1, 0.15) is 25.7 Å². The SMILES string of the molecule is O=C(O)C1CCCCCN1C(=O)NCC(F)(F)C(F)F. The molecule has 2 amide bonds. The largest absolute Gasteiger partial charge is 0.480 e. The van der Waals surface area contributed by atoms with Crippen LogP contribution in [0.15, 0.2) is 0 Å². The van der Waals surface area contributed by atoms with Crippen LogP contribution in [0.5, 0.6) is 0 Å². The van der Waals surface area contributed by atoms with Gasteiger partial charge in [0.1, 0.15) is 6.04 Å². The Morgan fingerprint density at radius 3 is 2.50 bits per heavy atom. The smallest absolute Gasteiger partial charge is 0.326 e. The molecule has 1 atom stereocenters. The van der Waals surface area contributed by atoms with Crippen LogP contribution in [0, 0.1) is 0 Å². The van der Waals surface area contributed by atoms with Gasteiger partial charge in [-0.25, -0.2) is 18.4 Å². The Morgan fingerprint density at radius 2 is 1.95 bits per heavy atom. The standard InChI is InChI=1S/C11H16F4N2O3/c12-9(13)11(14,15)6-16-10(20)17-5-3-1-2-4-7(17)8(18)19/h7,9H,1-6H2,(H,16,20)(H,18,19). The molecule has 1 aliphatic heterocycles. The van der Waals surface area contributed by atoms with E-state index in [0.29, 0.717) is 12.8 Å². The van der Waals surface area contributed by atoms with Crippen molar-refractivity contribution in [2.24, 2.45) is 0 Å². The molecule has 20 heavy (non-hydrogen) atoms. The minimum atomic E-state index is -4.33. The van der Waals surface area contributed by atoms with Crippen molar-refractivity contribution in [3.8, 4) is 0 Å². The van der Waals surface area contributed by atoms with Crippen LogP contribution in [0.25, 0.3) is 0 Å². The number of nitrogens with one attached hydrogen (secondary N) is 1. The molecular weight excluding hydrogens is 284 g/mol. The molecule has 0 saturated carbocycles. The maximum atomic E-state index is 12.7. The van der Waals surface area contributed by atoms with Crippen LogP contribution in [-0.4, -0.2) is 53.5 Å². The fourth-order valence-corrected chi connectivity index (χ4v) is 1.98. The molecular formula is C11H16F4N2O3. The lowest BCUT2D eigenvalue weighted by molar-refractivity contribution is -0.142. The van der Waals surface area contributed by atoms with Gasteiger partial charge in [0.25, 0.3) is 0 Å². The number of halogens is 4. The van der Waals surface area contributed by atoms with Crippen LogP contribution >= 0.6 is 0 Å². The zero-order valence-corrected chi connectivity index (χ0v) is 10.6. The normalized spacial score (nSPS) is 20.6. The lowest BCUT2D eigenvalue weighted by Crippen LogP contribution is -2.52. The van der Waals surface area contributed by atoms with Crippen molar-refractivity contribution in [1.29, 1.82) is 0 Å². The third-order valence-corrected chi connectivity index (χ3v) is 3.09. The number of urea groups is 1. The first-order valence-electron chi connectivity index (χ1n) is 6.19. The molecule has 0 aromatic carbocycles. The zero-order valence-electron chi connectivity index (χ0n) is 10.6. The molecule has 1 fully saturated rings. The van der Waals surface area contributed by atoms with E-state index in [4.69, 9.17) is 5.11 Å². The third kappa shape index (κ3) is 4.24. The first kappa shape index (κ1) is 16.5. The molecule has 1 rings (SSSR count). The van der Waals surface area contributed by atoms with E-state index in [0.717, 1.165) is 11.3 Å². The lowest BCUT2D eigenvalue weighted by atomic mass is 10.1. The van der Waals surface area contributed by atoms with Crippen molar-refractivity contribution in [3.05, 3.63) is 0 Å². The molecule has 0 radical (unpaired) electrons. The summed E-state index contributed by atoms with van der Waals surface area (Å²) in [5, 5.41) is 10.7. The van der Waals surface area contributed by atoms with Crippen molar-refractivity contribution < 1.29 is 32.3 Å². The van der Waals surface area contributed by atoms with E-state index in [2.05, 4.69) is 0 Å².